The van der Waals surface area contributed by atoms with E-state index in [9.17, 15) is 4.79 Å². The van der Waals surface area contributed by atoms with Gasteiger partial charge in [-0.1, -0.05) is 17.7 Å². The van der Waals surface area contributed by atoms with E-state index in [2.05, 4.69) is 10.6 Å². The topological polar surface area (TPSA) is 59.6 Å². The molecule has 0 aromatic heterocycles. The Morgan fingerprint density at radius 2 is 2.25 bits per heavy atom. The van der Waals surface area contributed by atoms with E-state index in [-0.39, 0.29) is 11.9 Å². The molecule has 0 radical (unpaired) electrons. The first-order valence-electron chi connectivity index (χ1n) is 7.04. The highest BCUT2D eigenvalue weighted by atomic mass is 16.5. The van der Waals surface area contributed by atoms with Crippen molar-refractivity contribution in [2.75, 3.05) is 32.9 Å². The van der Waals surface area contributed by atoms with E-state index >= 15 is 0 Å². The van der Waals surface area contributed by atoms with Gasteiger partial charge < -0.3 is 20.1 Å². The van der Waals surface area contributed by atoms with Gasteiger partial charge in [0.1, 0.15) is 11.8 Å². The van der Waals surface area contributed by atoms with Crippen molar-refractivity contribution < 1.29 is 14.3 Å². The SMILES string of the molecule is Cc1ccc(OCCCNC(=O)C2COCCN2)cc1. The van der Waals surface area contributed by atoms with Crippen LogP contribution in [0.25, 0.3) is 0 Å². The third-order valence-electron chi connectivity index (χ3n) is 3.15. The highest BCUT2D eigenvalue weighted by molar-refractivity contribution is 5.81. The number of rotatable bonds is 6. The van der Waals surface area contributed by atoms with Gasteiger partial charge in [-0.05, 0) is 25.5 Å². The summed E-state index contributed by atoms with van der Waals surface area (Å²) in [6.45, 7) is 5.11. The molecule has 1 fully saturated rings. The van der Waals surface area contributed by atoms with Crippen molar-refractivity contribution in [1.82, 2.24) is 10.6 Å². The van der Waals surface area contributed by atoms with E-state index in [1.54, 1.807) is 0 Å². The summed E-state index contributed by atoms with van der Waals surface area (Å²) in [5, 5.41) is 6.01. The van der Waals surface area contributed by atoms with Gasteiger partial charge in [0, 0.05) is 13.1 Å². The van der Waals surface area contributed by atoms with Gasteiger partial charge in [0.2, 0.25) is 5.91 Å². The summed E-state index contributed by atoms with van der Waals surface area (Å²) < 4.78 is 10.8. The van der Waals surface area contributed by atoms with Crippen LogP contribution in [0.15, 0.2) is 24.3 Å². The molecule has 0 bridgehead atoms. The number of nitrogens with one attached hydrogen (secondary N) is 2. The molecule has 1 atom stereocenters. The van der Waals surface area contributed by atoms with Crippen molar-refractivity contribution >= 4 is 5.91 Å². The molecular weight excluding hydrogens is 256 g/mol. The molecule has 20 heavy (non-hydrogen) atoms. The van der Waals surface area contributed by atoms with Crippen LogP contribution in [0.2, 0.25) is 0 Å². The Bertz CT molecular complexity index is 414. The van der Waals surface area contributed by atoms with Gasteiger partial charge in [0.25, 0.3) is 0 Å². The van der Waals surface area contributed by atoms with Crippen LogP contribution >= 0.6 is 0 Å². The van der Waals surface area contributed by atoms with E-state index in [1.165, 1.54) is 5.56 Å². The predicted octanol–water partition coefficient (Wildman–Crippen LogP) is 0.869. The lowest BCUT2D eigenvalue weighted by Gasteiger charge is -2.22. The van der Waals surface area contributed by atoms with E-state index in [4.69, 9.17) is 9.47 Å². The highest BCUT2D eigenvalue weighted by Crippen LogP contribution is 2.11. The average Bonchev–Trinajstić information content (AvgIpc) is 2.49. The summed E-state index contributed by atoms with van der Waals surface area (Å²) in [7, 11) is 0. The summed E-state index contributed by atoms with van der Waals surface area (Å²) in [5.74, 6) is 0.865. The molecule has 1 heterocycles. The zero-order valence-corrected chi connectivity index (χ0v) is 11.9. The summed E-state index contributed by atoms with van der Waals surface area (Å²) >= 11 is 0. The summed E-state index contributed by atoms with van der Waals surface area (Å²) in [6, 6.07) is 7.73. The number of hydrogen-bond donors (Lipinski definition) is 2. The maximum Gasteiger partial charge on any atom is 0.239 e. The van der Waals surface area contributed by atoms with Crippen LogP contribution in [0.1, 0.15) is 12.0 Å². The van der Waals surface area contributed by atoms with Crippen LogP contribution < -0.4 is 15.4 Å². The molecule has 1 aliphatic heterocycles. The van der Waals surface area contributed by atoms with Gasteiger partial charge in [-0.2, -0.15) is 0 Å². The first-order chi connectivity index (χ1) is 9.75. The van der Waals surface area contributed by atoms with Crippen molar-refractivity contribution in [2.24, 2.45) is 0 Å². The number of carbonyl (C=O) groups is 1. The van der Waals surface area contributed by atoms with Gasteiger partial charge in [-0.15, -0.1) is 0 Å². The number of ether oxygens (including phenoxy) is 2. The Morgan fingerprint density at radius 1 is 1.45 bits per heavy atom. The molecule has 2 rings (SSSR count). The van der Waals surface area contributed by atoms with Gasteiger partial charge in [-0.3, -0.25) is 4.79 Å². The molecule has 5 nitrogen and oxygen atoms in total. The fourth-order valence-electron chi connectivity index (χ4n) is 1.97. The number of morpholine rings is 1. The summed E-state index contributed by atoms with van der Waals surface area (Å²) in [4.78, 5) is 11.8. The second-order valence-electron chi connectivity index (χ2n) is 4.89. The minimum absolute atomic E-state index is 0.0000332. The number of amides is 1. The molecule has 1 unspecified atom stereocenters. The minimum atomic E-state index is -0.221. The van der Waals surface area contributed by atoms with E-state index < -0.39 is 0 Å². The number of carbonyl (C=O) groups excluding carboxylic acids is 1. The largest absolute Gasteiger partial charge is 0.494 e. The lowest BCUT2D eigenvalue weighted by Crippen LogP contribution is -2.51. The van der Waals surface area contributed by atoms with Crippen molar-refractivity contribution in [1.29, 1.82) is 0 Å². The third kappa shape index (κ3) is 4.83. The third-order valence-corrected chi connectivity index (χ3v) is 3.15. The van der Waals surface area contributed by atoms with E-state index in [0.29, 0.717) is 26.4 Å². The van der Waals surface area contributed by atoms with Crippen molar-refractivity contribution in [3.05, 3.63) is 29.8 Å². The van der Waals surface area contributed by atoms with Crippen LogP contribution in [0.5, 0.6) is 5.75 Å². The van der Waals surface area contributed by atoms with Crippen LogP contribution in [0.3, 0.4) is 0 Å². The average molecular weight is 278 g/mol. The van der Waals surface area contributed by atoms with Gasteiger partial charge in [0.15, 0.2) is 0 Å². The molecule has 1 aromatic rings. The summed E-state index contributed by atoms with van der Waals surface area (Å²) in [5.41, 5.74) is 1.21. The van der Waals surface area contributed by atoms with Crippen LogP contribution in [0.4, 0.5) is 0 Å². The normalized spacial score (nSPS) is 18.6. The van der Waals surface area contributed by atoms with E-state index in [1.807, 2.05) is 31.2 Å². The molecule has 0 saturated carbocycles. The molecule has 0 spiro atoms. The van der Waals surface area contributed by atoms with Gasteiger partial charge in [0.05, 0.1) is 19.8 Å². The first-order valence-corrected chi connectivity index (χ1v) is 7.04. The van der Waals surface area contributed by atoms with Crippen LogP contribution in [-0.4, -0.2) is 44.9 Å². The Balaban J connectivity index is 1.57. The predicted molar refractivity (Wildman–Crippen MR) is 76.9 cm³/mol. The standard InChI is InChI=1S/C15H22N2O3/c1-12-3-5-13(6-4-12)20-9-2-7-17-15(18)14-11-19-10-8-16-14/h3-6,14,16H,2,7-11H2,1H3,(H,17,18). The Morgan fingerprint density at radius 3 is 2.95 bits per heavy atom. The smallest absolute Gasteiger partial charge is 0.239 e. The molecule has 1 saturated heterocycles. The molecule has 1 aliphatic rings. The maximum atomic E-state index is 11.8. The van der Waals surface area contributed by atoms with Crippen molar-refractivity contribution in [3.8, 4) is 5.75 Å². The summed E-state index contributed by atoms with van der Waals surface area (Å²) in [6.07, 6.45) is 0.785. The number of aryl methyl sites for hydroxylation is 1. The van der Waals surface area contributed by atoms with Crippen molar-refractivity contribution in [3.63, 3.8) is 0 Å². The molecule has 2 N–H and O–H groups in total. The van der Waals surface area contributed by atoms with Gasteiger partial charge in [-0.25, -0.2) is 0 Å². The minimum Gasteiger partial charge on any atom is -0.494 e. The van der Waals surface area contributed by atoms with E-state index in [0.717, 1.165) is 18.7 Å². The zero-order valence-electron chi connectivity index (χ0n) is 11.9. The lowest BCUT2D eigenvalue weighted by atomic mass is 10.2. The molecule has 5 heteroatoms. The quantitative estimate of drug-likeness (QED) is 0.758. The van der Waals surface area contributed by atoms with Crippen LogP contribution in [0, 0.1) is 6.92 Å². The molecule has 0 aliphatic carbocycles. The maximum absolute atomic E-state index is 11.8. The zero-order chi connectivity index (χ0) is 14.2. The Hall–Kier alpha value is -1.59. The number of benzene rings is 1. The molecular formula is C15H22N2O3. The molecule has 1 aromatic carbocycles. The monoisotopic (exact) mass is 278 g/mol. The highest BCUT2D eigenvalue weighted by Gasteiger charge is 2.20. The fraction of sp³-hybridized carbons (Fsp3) is 0.533. The van der Waals surface area contributed by atoms with Crippen molar-refractivity contribution in [2.45, 2.75) is 19.4 Å². The lowest BCUT2D eigenvalue weighted by molar-refractivity contribution is -0.125. The number of hydrogen-bond acceptors (Lipinski definition) is 4. The fourth-order valence-corrected chi connectivity index (χ4v) is 1.97. The molecule has 1 amide bonds. The Kier molecular flexibility index (Phi) is 5.83. The Labute approximate surface area is 119 Å². The van der Waals surface area contributed by atoms with Gasteiger partial charge >= 0.3 is 0 Å². The molecule has 110 valence electrons. The second kappa shape index (κ2) is 7.87. The first kappa shape index (κ1) is 14.8. The second-order valence-corrected chi connectivity index (χ2v) is 4.89. The van der Waals surface area contributed by atoms with Crippen LogP contribution in [-0.2, 0) is 9.53 Å².